The van der Waals surface area contributed by atoms with Crippen LogP contribution in [0.1, 0.15) is 18.9 Å². The van der Waals surface area contributed by atoms with Gasteiger partial charge in [0.2, 0.25) is 0 Å². The zero-order chi connectivity index (χ0) is 18.4. The Morgan fingerprint density at radius 2 is 2.00 bits per heavy atom. The van der Waals surface area contributed by atoms with E-state index in [1.54, 1.807) is 13.3 Å². The Labute approximate surface area is 154 Å². The molecule has 0 radical (unpaired) electrons. The van der Waals surface area contributed by atoms with Crippen molar-refractivity contribution in [3.05, 3.63) is 54.2 Å². The number of hydrogen-bond acceptors (Lipinski definition) is 5. The molecule has 0 spiro atoms. The molecule has 1 amide bonds. The molecule has 138 valence electrons. The molecule has 0 unspecified atom stereocenters. The normalized spacial score (nSPS) is 17.5. The predicted molar refractivity (Wildman–Crippen MR) is 100 cm³/mol. The summed E-state index contributed by atoms with van der Waals surface area (Å²) in [6.07, 6.45) is 2.34. The number of nitrogens with zero attached hydrogens (tertiary/aromatic N) is 3. The number of amides is 1. The molecule has 0 bridgehead atoms. The van der Waals surface area contributed by atoms with Gasteiger partial charge in [0.05, 0.1) is 7.11 Å². The van der Waals surface area contributed by atoms with Crippen molar-refractivity contribution >= 4 is 11.9 Å². The van der Waals surface area contributed by atoms with Gasteiger partial charge in [0.1, 0.15) is 18.2 Å². The molecule has 0 aliphatic carbocycles. The summed E-state index contributed by atoms with van der Waals surface area (Å²) in [6.45, 7) is 4.51. The van der Waals surface area contributed by atoms with E-state index in [1.807, 2.05) is 47.4 Å². The topological polar surface area (TPSA) is 54.9 Å². The number of methoxy groups -OCH3 is 1. The Morgan fingerprint density at radius 3 is 2.77 bits per heavy atom. The van der Waals surface area contributed by atoms with Crippen LogP contribution in [0.4, 0.5) is 10.6 Å². The summed E-state index contributed by atoms with van der Waals surface area (Å²) < 4.78 is 10.8. The minimum atomic E-state index is -0.262. The average molecular weight is 355 g/mol. The third-order valence-electron chi connectivity index (χ3n) is 4.68. The number of rotatable bonds is 4. The molecule has 1 aliphatic heterocycles. The molecule has 6 nitrogen and oxygen atoms in total. The van der Waals surface area contributed by atoms with Crippen LogP contribution in [-0.2, 0) is 11.3 Å². The van der Waals surface area contributed by atoms with Gasteiger partial charge in [-0.2, -0.15) is 0 Å². The molecule has 0 N–H and O–H groups in total. The first kappa shape index (κ1) is 18.0. The fourth-order valence-corrected chi connectivity index (χ4v) is 3.06. The maximum atomic E-state index is 12.5. The number of carbonyl (C=O) groups is 1. The first-order chi connectivity index (χ1) is 12.7. The Bertz CT molecular complexity index is 723. The van der Waals surface area contributed by atoms with E-state index >= 15 is 0 Å². The number of benzene rings is 1. The summed E-state index contributed by atoms with van der Waals surface area (Å²) in [4.78, 5) is 21.0. The molecule has 1 aliphatic rings. The van der Waals surface area contributed by atoms with Crippen molar-refractivity contribution in [1.29, 1.82) is 0 Å². The van der Waals surface area contributed by atoms with Crippen LogP contribution in [0.5, 0.6) is 5.75 Å². The minimum absolute atomic E-state index is 0.119. The summed E-state index contributed by atoms with van der Waals surface area (Å²) in [7, 11) is 1.65. The highest BCUT2D eigenvalue weighted by Crippen LogP contribution is 2.21. The third kappa shape index (κ3) is 4.45. The van der Waals surface area contributed by atoms with E-state index in [9.17, 15) is 4.79 Å². The quantitative estimate of drug-likeness (QED) is 0.842. The molecule has 6 heteroatoms. The SMILES string of the molecule is COc1ccnc(N2CC[C@@H](C)N(C(=O)OCc3ccccc3)CC2)c1. The van der Waals surface area contributed by atoms with Crippen LogP contribution >= 0.6 is 0 Å². The lowest BCUT2D eigenvalue weighted by Gasteiger charge is -2.26. The highest BCUT2D eigenvalue weighted by atomic mass is 16.6. The van der Waals surface area contributed by atoms with Crippen molar-refractivity contribution in [2.75, 3.05) is 31.6 Å². The van der Waals surface area contributed by atoms with Crippen LogP contribution in [0, 0.1) is 0 Å². The Kier molecular flexibility index (Phi) is 5.94. The first-order valence-electron chi connectivity index (χ1n) is 8.89. The van der Waals surface area contributed by atoms with Gasteiger partial charge in [-0.15, -0.1) is 0 Å². The Balaban J connectivity index is 1.60. The van der Waals surface area contributed by atoms with Gasteiger partial charge in [0.25, 0.3) is 0 Å². The number of carbonyl (C=O) groups excluding carboxylic acids is 1. The van der Waals surface area contributed by atoms with Gasteiger partial charge in [0, 0.05) is 37.9 Å². The van der Waals surface area contributed by atoms with Crippen molar-refractivity contribution in [2.24, 2.45) is 0 Å². The molecule has 1 aromatic heterocycles. The Hall–Kier alpha value is -2.76. The summed E-state index contributed by atoms with van der Waals surface area (Å²) in [5.74, 6) is 1.66. The monoisotopic (exact) mass is 355 g/mol. The van der Waals surface area contributed by atoms with Crippen LogP contribution in [0.3, 0.4) is 0 Å². The van der Waals surface area contributed by atoms with Crippen LogP contribution in [0.15, 0.2) is 48.7 Å². The number of pyridine rings is 1. The van der Waals surface area contributed by atoms with E-state index in [2.05, 4.69) is 16.8 Å². The fourth-order valence-electron chi connectivity index (χ4n) is 3.06. The zero-order valence-corrected chi connectivity index (χ0v) is 15.3. The van der Waals surface area contributed by atoms with Gasteiger partial charge in [-0.25, -0.2) is 9.78 Å². The third-order valence-corrected chi connectivity index (χ3v) is 4.68. The lowest BCUT2D eigenvalue weighted by molar-refractivity contribution is 0.0857. The van der Waals surface area contributed by atoms with Crippen molar-refractivity contribution in [3.63, 3.8) is 0 Å². The van der Waals surface area contributed by atoms with E-state index in [1.165, 1.54) is 0 Å². The van der Waals surface area contributed by atoms with Crippen molar-refractivity contribution in [1.82, 2.24) is 9.88 Å². The van der Waals surface area contributed by atoms with E-state index in [-0.39, 0.29) is 12.1 Å². The summed E-state index contributed by atoms with van der Waals surface area (Å²) >= 11 is 0. The summed E-state index contributed by atoms with van der Waals surface area (Å²) in [5.41, 5.74) is 0.991. The molecular formula is C20H25N3O3. The van der Waals surface area contributed by atoms with E-state index in [0.29, 0.717) is 19.7 Å². The second kappa shape index (κ2) is 8.56. The molecule has 1 atom stereocenters. The van der Waals surface area contributed by atoms with Crippen molar-refractivity contribution in [2.45, 2.75) is 26.0 Å². The largest absolute Gasteiger partial charge is 0.497 e. The molecular weight excluding hydrogens is 330 g/mol. The van der Waals surface area contributed by atoms with E-state index in [4.69, 9.17) is 9.47 Å². The number of ether oxygens (including phenoxy) is 2. The highest BCUT2D eigenvalue weighted by molar-refractivity contribution is 5.68. The zero-order valence-electron chi connectivity index (χ0n) is 15.3. The number of hydrogen-bond donors (Lipinski definition) is 0. The molecule has 1 fully saturated rings. The first-order valence-corrected chi connectivity index (χ1v) is 8.89. The average Bonchev–Trinajstić information content (AvgIpc) is 2.89. The van der Waals surface area contributed by atoms with Gasteiger partial charge >= 0.3 is 6.09 Å². The molecule has 1 saturated heterocycles. The molecule has 1 aromatic carbocycles. The van der Waals surface area contributed by atoms with Gasteiger partial charge in [-0.05, 0) is 25.0 Å². The second-order valence-electron chi connectivity index (χ2n) is 6.41. The second-order valence-corrected chi connectivity index (χ2v) is 6.41. The predicted octanol–water partition coefficient (Wildman–Crippen LogP) is 3.33. The van der Waals surface area contributed by atoms with Crippen LogP contribution in [-0.4, -0.2) is 48.8 Å². The lowest BCUT2D eigenvalue weighted by atomic mass is 10.2. The van der Waals surface area contributed by atoms with Crippen LogP contribution < -0.4 is 9.64 Å². The van der Waals surface area contributed by atoms with Crippen molar-refractivity contribution in [3.8, 4) is 5.75 Å². The maximum absolute atomic E-state index is 12.5. The minimum Gasteiger partial charge on any atom is -0.497 e. The van der Waals surface area contributed by atoms with Gasteiger partial charge in [-0.1, -0.05) is 30.3 Å². The standard InChI is InChI=1S/C20H25N3O3/c1-16-9-11-22(19-14-18(25-2)8-10-21-19)12-13-23(16)20(24)26-15-17-6-4-3-5-7-17/h3-8,10,14,16H,9,11-13,15H2,1-2H3/t16-/m1/s1. The maximum Gasteiger partial charge on any atom is 0.410 e. The van der Waals surface area contributed by atoms with E-state index < -0.39 is 0 Å². The molecule has 0 saturated carbocycles. The highest BCUT2D eigenvalue weighted by Gasteiger charge is 2.26. The summed E-state index contributed by atoms with van der Waals surface area (Å²) in [5, 5.41) is 0. The number of anilines is 1. The van der Waals surface area contributed by atoms with Gasteiger partial charge in [0.15, 0.2) is 0 Å². The summed E-state index contributed by atoms with van der Waals surface area (Å²) in [6, 6.07) is 13.6. The van der Waals surface area contributed by atoms with Crippen LogP contribution in [0.25, 0.3) is 0 Å². The molecule has 26 heavy (non-hydrogen) atoms. The number of aromatic nitrogens is 1. The molecule has 2 aromatic rings. The Morgan fingerprint density at radius 1 is 1.19 bits per heavy atom. The van der Waals surface area contributed by atoms with E-state index in [0.717, 1.165) is 30.1 Å². The molecule has 2 heterocycles. The fraction of sp³-hybridized carbons (Fsp3) is 0.400. The van der Waals surface area contributed by atoms with Crippen molar-refractivity contribution < 1.29 is 14.3 Å². The van der Waals surface area contributed by atoms with Crippen LogP contribution in [0.2, 0.25) is 0 Å². The van der Waals surface area contributed by atoms with Gasteiger partial charge in [-0.3, -0.25) is 0 Å². The van der Waals surface area contributed by atoms with Gasteiger partial charge < -0.3 is 19.3 Å². The lowest BCUT2D eigenvalue weighted by Crippen LogP contribution is -2.40. The molecule has 3 rings (SSSR count). The smallest absolute Gasteiger partial charge is 0.410 e.